The van der Waals surface area contributed by atoms with Crippen molar-refractivity contribution in [2.45, 2.75) is 31.3 Å². The number of carbonyl (C=O) groups is 1. The second-order valence-electron chi connectivity index (χ2n) is 7.69. The average Bonchev–Trinajstić information content (AvgIpc) is 3.22. The number of hydrogen-bond acceptors (Lipinski definition) is 3. The smallest absolute Gasteiger partial charge is 0.270 e. The zero-order valence-electron chi connectivity index (χ0n) is 14.9. The summed E-state index contributed by atoms with van der Waals surface area (Å²) in [4.78, 5) is 17.3. The van der Waals surface area contributed by atoms with Gasteiger partial charge in [-0.25, -0.2) is 0 Å². The molecule has 2 aliphatic heterocycles. The van der Waals surface area contributed by atoms with Gasteiger partial charge in [0.2, 0.25) is 0 Å². The highest BCUT2D eigenvalue weighted by molar-refractivity contribution is 5.98. The molecule has 1 aromatic carbocycles. The van der Waals surface area contributed by atoms with Gasteiger partial charge in [-0.1, -0.05) is 18.2 Å². The fraction of sp³-hybridized carbons (Fsp3) is 0.550. The Morgan fingerprint density at radius 1 is 1.16 bits per heavy atom. The zero-order valence-corrected chi connectivity index (χ0v) is 14.9. The number of rotatable bonds is 3. The van der Waals surface area contributed by atoms with Gasteiger partial charge in [0.05, 0.1) is 12.1 Å². The molecule has 0 aliphatic carbocycles. The van der Waals surface area contributed by atoms with E-state index in [4.69, 9.17) is 0 Å². The van der Waals surface area contributed by atoms with Crippen molar-refractivity contribution >= 4 is 16.8 Å². The Morgan fingerprint density at radius 2 is 1.92 bits per heavy atom. The van der Waals surface area contributed by atoms with Gasteiger partial charge in [-0.15, -0.1) is 0 Å². The van der Waals surface area contributed by atoms with Crippen LogP contribution in [0.5, 0.6) is 0 Å². The van der Waals surface area contributed by atoms with Gasteiger partial charge in [0.15, 0.2) is 0 Å². The molecule has 3 heterocycles. The number of para-hydroxylation sites is 1. The number of fused-ring (bicyclic) bond motifs is 1. The van der Waals surface area contributed by atoms with Crippen molar-refractivity contribution in [1.29, 1.82) is 0 Å². The van der Waals surface area contributed by atoms with Crippen LogP contribution in [0, 0.1) is 0 Å². The summed E-state index contributed by atoms with van der Waals surface area (Å²) in [5.74, 6) is 0.0262. The van der Waals surface area contributed by atoms with Crippen LogP contribution in [-0.4, -0.2) is 63.7 Å². The molecule has 4 rings (SSSR count). The summed E-state index contributed by atoms with van der Waals surface area (Å²) in [5.41, 5.74) is 0.991. The Balaban J connectivity index is 1.53. The van der Waals surface area contributed by atoms with Gasteiger partial charge in [0, 0.05) is 31.0 Å². The van der Waals surface area contributed by atoms with Crippen LogP contribution in [0.4, 0.5) is 0 Å². The van der Waals surface area contributed by atoms with Gasteiger partial charge in [-0.2, -0.15) is 0 Å². The first-order valence-electron chi connectivity index (χ1n) is 9.34. The molecule has 134 valence electrons. The molecule has 25 heavy (non-hydrogen) atoms. The van der Waals surface area contributed by atoms with Crippen molar-refractivity contribution in [2.75, 3.05) is 32.7 Å². The number of nitrogens with zero attached hydrogens (tertiary/aromatic N) is 3. The number of benzene rings is 1. The highest BCUT2D eigenvalue weighted by atomic mass is 16.3. The number of aromatic nitrogens is 1. The maximum Gasteiger partial charge on any atom is 0.270 e. The van der Waals surface area contributed by atoms with E-state index in [-0.39, 0.29) is 5.91 Å². The third-order valence-electron chi connectivity index (χ3n) is 5.73. The highest BCUT2D eigenvalue weighted by Crippen LogP contribution is 2.26. The standard InChI is InChI=1S/C20H27N3O2/c1-21-17-8-3-2-7-16(17)13-18(21)19(24)23-12-6-9-20(25,15-23)14-22-10-4-5-11-22/h2-3,7-8,13,25H,4-6,9-12,14-15H2,1H3. The minimum absolute atomic E-state index is 0.0262. The normalized spacial score (nSPS) is 25.0. The second-order valence-corrected chi connectivity index (χ2v) is 7.69. The maximum absolute atomic E-state index is 13.1. The predicted molar refractivity (Wildman–Crippen MR) is 98.7 cm³/mol. The maximum atomic E-state index is 13.1. The molecular formula is C20H27N3O2. The molecule has 1 aromatic heterocycles. The molecule has 0 saturated carbocycles. The number of aryl methyl sites for hydroxylation is 1. The zero-order chi connectivity index (χ0) is 17.4. The van der Waals surface area contributed by atoms with E-state index in [9.17, 15) is 9.90 Å². The summed E-state index contributed by atoms with van der Waals surface area (Å²) >= 11 is 0. The van der Waals surface area contributed by atoms with E-state index in [0.29, 0.717) is 18.8 Å². The van der Waals surface area contributed by atoms with Gasteiger partial charge in [-0.05, 0) is 50.9 Å². The Hall–Kier alpha value is -1.85. The lowest BCUT2D eigenvalue weighted by Gasteiger charge is -2.41. The third kappa shape index (κ3) is 3.18. The Bertz CT molecular complexity index is 778. The Labute approximate surface area is 148 Å². The number of carbonyl (C=O) groups excluding carboxylic acids is 1. The van der Waals surface area contributed by atoms with Gasteiger partial charge < -0.3 is 19.5 Å². The lowest BCUT2D eigenvalue weighted by atomic mass is 9.92. The molecule has 1 amide bonds. The topological polar surface area (TPSA) is 48.7 Å². The molecule has 0 bridgehead atoms. The highest BCUT2D eigenvalue weighted by Gasteiger charge is 2.37. The molecule has 5 nitrogen and oxygen atoms in total. The molecule has 0 spiro atoms. The van der Waals surface area contributed by atoms with Crippen LogP contribution in [0.3, 0.4) is 0 Å². The molecule has 5 heteroatoms. The van der Waals surface area contributed by atoms with Crippen molar-refractivity contribution in [3.05, 3.63) is 36.0 Å². The summed E-state index contributed by atoms with van der Waals surface area (Å²) in [6.45, 7) is 3.98. The molecule has 1 atom stereocenters. The minimum atomic E-state index is -0.775. The van der Waals surface area contributed by atoms with Crippen LogP contribution < -0.4 is 0 Å². The SMILES string of the molecule is Cn1c(C(=O)N2CCCC(O)(CN3CCCC3)C2)cc2ccccc21. The van der Waals surface area contributed by atoms with Crippen molar-refractivity contribution in [1.82, 2.24) is 14.4 Å². The molecule has 1 N–H and O–H groups in total. The summed E-state index contributed by atoms with van der Waals surface area (Å²) in [6.07, 6.45) is 4.08. The van der Waals surface area contributed by atoms with E-state index in [2.05, 4.69) is 4.90 Å². The summed E-state index contributed by atoms with van der Waals surface area (Å²) in [5, 5.41) is 12.1. The lowest BCUT2D eigenvalue weighted by molar-refractivity contribution is -0.0432. The van der Waals surface area contributed by atoms with Crippen LogP contribution in [0.25, 0.3) is 10.9 Å². The first-order chi connectivity index (χ1) is 12.1. The quantitative estimate of drug-likeness (QED) is 0.931. The number of β-amino-alcohol motifs (C(OH)–C–C–N with tert-alkyl or cyclic N) is 1. The number of piperidine rings is 1. The van der Waals surface area contributed by atoms with Crippen LogP contribution in [0.2, 0.25) is 0 Å². The Kier molecular flexibility index (Phi) is 4.29. The van der Waals surface area contributed by atoms with Crippen LogP contribution in [-0.2, 0) is 7.05 Å². The van der Waals surface area contributed by atoms with Crippen LogP contribution in [0.15, 0.2) is 30.3 Å². The average molecular weight is 341 g/mol. The van der Waals surface area contributed by atoms with E-state index < -0.39 is 5.60 Å². The lowest BCUT2D eigenvalue weighted by Crippen LogP contribution is -2.55. The summed E-state index contributed by atoms with van der Waals surface area (Å²) in [7, 11) is 1.94. The summed E-state index contributed by atoms with van der Waals surface area (Å²) in [6, 6.07) is 10.0. The molecule has 2 aromatic rings. The van der Waals surface area contributed by atoms with Crippen molar-refractivity contribution < 1.29 is 9.90 Å². The van der Waals surface area contributed by atoms with E-state index in [1.54, 1.807) is 0 Å². The molecular weight excluding hydrogens is 314 g/mol. The van der Waals surface area contributed by atoms with E-state index in [1.165, 1.54) is 12.8 Å². The Morgan fingerprint density at radius 3 is 2.68 bits per heavy atom. The molecule has 2 saturated heterocycles. The molecule has 1 unspecified atom stereocenters. The third-order valence-corrected chi connectivity index (χ3v) is 5.73. The first kappa shape index (κ1) is 16.6. The molecule has 0 radical (unpaired) electrons. The number of likely N-dealkylation sites (tertiary alicyclic amines) is 2. The molecule has 2 aliphatic rings. The summed E-state index contributed by atoms with van der Waals surface area (Å²) < 4.78 is 1.96. The van der Waals surface area contributed by atoms with Gasteiger partial charge in [-0.3, -0.25) is 4.79 Å². The van der Waals surface area contributed by atoms with E-state index in [0.717, 1.165) is 43.4 Å². The number of aliphatic hydroxyl groups is 1. The van der Waals surface area contributed by atoms with Crippen molar-refractivity contribution in [2.24, 2.45) is 7.05 Å². The second kappa shape index (κ2) is 6.46. The fourth-order valence-corrected chi connectivity index (χ4v) is 4.43. The number of hydrogen-bond donors (Lipinski definition) is 1. The van der Waals surface area contributed by atoms with E-state index in [1.807, 2.05) is 46.8 Å². The van der Waals surface area contributed by atoms with Crippen molar-refractivity contribution in [3.8, 4) is 0 Å². The first-order valence-corrected chi connectivity index (χ1v) is 9.34. The van der Waals surface area contributed by atoms with Gasteiger partial charge in [0.25, 0.3) is 5.91 Å². The van der Waals surface area contributed by atoms with Gasteiger partial charge >= 0.3 is 0 Å². The fourth-order valence-electron chi connectivity index (χ4n) is 4.43. The van der Waals surface area contributed by atoms with E-state index >= 15 is 0 Å². The van der Waals surface area contributed by atoms with Crippen LogP contribution >= 0.6 is 0 Å². The monoisotopic (exact) mass is 341 g/mol. The number of amides is 1. The minimum Gasteiger partial charge on any atom is -0.387 e. The molecule has 2 fully saturated rings. The largest absolute Gasteiger partial charge is 0.387 e. The van der Waals surface area contributed by atoms with Crippen molar-refractivity contribution in [3.63, 3.8) is 0 Å². The van der Waals surface area contributed by atoms with Crippen LogP contribution in [0.1, 0.15) is 36.2 Å². The predicted octanol–water partition coefficient (Wildman–Crippen LogP) is 2.24. The van der Waals surface area contributed by atoms with Gasteiger partial charge in [0.1, 0.15) is 5.69 Å².